The molecule has 12 heavy (non-hydrogen) atoms. The van der Waals surface area contributed by atoms with Gasteiger partial charge in [-0.2, -0.15) is 0 Å². The van der Waals surface area contributed by atoms with Crippen molar-refractivity contribution in [2.75, 3.05) is 6.61 Å². The standard InChI is InChI=1S/C10H14O2/c1-10(2)6-12-8-5-3-4-7(11)9(8)10/h3-6H2,1-2H3. The van der Waals surface area contributed by atoms with E-state index in [1.54, 1.807) is 0 Å². The van der Waals surface area contributed by atoms with Crippen LogP contribution in [0.1, 0.15) is 33.1 Å². The van der Waals surface area contributed by atoms with E-state index in [0.717, 1.165) is 24.2 Å². The molecular weight excluding hydrogens is 152 g/mol. The lowest BCUT2D eigenvalue weighted by Gasteiger charge is -2.20. The van der Waals surface area contributed by atoms with Gasteiger partial charge >= 0.3 is 0 Å². The van der Waals surface area contributed by atoms with Gasteiger partial charge in [0, 0.05) is 23.8 Å². The fourth-order valence-corrected chi connectivity index (χ4v) is 2.05. The van der Waals surface area contributed by atoms with Crippen LogP contribution in [0.25, 0.3) is 0 Å². The zero-order valence-electron chi connectivity index (χ0n) is 7.64. The molecule has 0 aromatic rings. The number of rotatable bonds is 0. The molecule has 2 heteroatoms. The highest BCUT2D eigenvalue weighted by Gasteiger charge is 2.39. The summed E-state index contributed by atoms with van der Waals surface area (Å²) in [6.07, 6.45) is 2.64. The largest absolute Gasteiger partial charge is 0.497 e. The molecular formula is C10H14O2. The number of hydrogen-bond donors (Lipinski definition) is 0. The van der Waals surface area contributed by atoms with E-state index < -0.39 is 0 Å². The second-order valence-electron chi connectivity index (χ2n) is 4.25. The fourth-order valence-electron chi connectivity index (χ4n) is 2.05. The van der Waals surface area contributed by atoms with E-state index in [1.165, 1.54) is 0 Å². The average Bonchev–Trinajstić information content (AvgIpc) is 2.29. The third kappa shape index (κ3) is 0.977. The molecule has 0 atom stereocenters. The summed E-state index contributed by atoms with van der Waals surface area (Å²) in [6, 6.07) is 0. The molecule has 2 aliphatic rings. The van der Waals surface area contributed by atoms with Crippen LogP contribution in [0.3, 0.4) is 0 Å². The van der Waals surface area contributed by atoms with E-state index in [4.69, 9.17) is 4.74 Å². The Labute approximate surface area is 72.6 Å². The third-order valence-electron chi connectivity index (χ3n) is 2.65. The maximum absolute atomic E-state index is 11.6. The molecule has 1 aliphatic carbocycles. The molecule has 1 aliphatic heterocycles. The highest BCUT2D eigenvalue weighted by molar-refractivity contribution is 5.98. The summed E-state index contributed by atoms with van der Waals surface area (Å²) >= 11 is 0. The minimum Gasteiger partial charge on any atom is -0.497 e. The van der Waals surface area contributed by atoms with E-state index in [-0.39, 0.29) is 5.41 Å². The monoisotopic (exact) mass is 166 g/mol. The lowest BCUT2D eigenvalue weighted by Crippen LogP contribution is -2.22. The Morgan fingerprint density at radius 2 is 2.08 bits per heavy atom. The van der Waals surface area contributed by atoms with Crippen LogP contribution in [-0.4, -0.2) is 12.4 Å². The van der Waals surface area contributed by atoms with Crippen LogP contribution < -0.4 is 0 Å². The molecule has 0 amide bonds. The predicted molar refractivity (Wildman–Crippen MR) is 45.6 cm³/mol. The molecule has 0 N–H and O–H groups in total. The van der Waals surface area contributed by atoms with Crippen LogP contribution >= 0.6 is 0 Å². The first-order valence-corrected chi connectivity index (χ1v) is 4.51. The first-order chi connectivity index (χ1) is 5.61. The van der Waals surface area contributed by atoms with Crippen molar-refractivity contribution < 1.29 is 9.53 Å². The number of hydrogen-bond acceptors (Lipinski definition) is 2. The van der Waals surface area contributed by atoms with Gasteiger partial charge in [-0.25, -0.2) is 0 Å². The van der Waals surface area contributed by atoms with Crippen molar-refractivity contribution in [2.45, 2.75) is 33.1 Å². The molecule has 0 saturated heterocycles. The Kier molecular flexibility index (Phi) is 1.53. The Morgan fingerprint density at radius 1 is 1.33 bits per heavy atom. The molecule has 0 aromatic heterocycles. The Balaban J connectivity index is 2.42. The number of carbonyl (C=O) groups is 1. The summed E-state index contributed by atoms with van der Waals surface area (Å²) < 4.78 is 5.50. The average molecular weight is 166 g/mol. The number of allylic oxidation sites excluding steroid dienone is 1. The first kappa shape index (κ1) is 7.84. The summed E-state index contributed by atoms with van der Waals surface area (Å²) in [6.45, 7) is 4.85. The van der Waals surface area contributed by atoms with Crippen LogP contribution in [0, 0.1) is 5.41 Å². The normalized spacial score (nSPS) is 27.0. The number of carbonyl (C=O) groups excluding carboxylic acids is 1. The highest BCUT2D eigenvalue weighted by atomic mass is 16.5. The second-order valence-corrected chi connectivity index (χ2v) is 4.25. The lowest BCUT2D eigenvalue weighted by atomic mass is 9.79. The minimum absolute atomic E-state index is 0.0349. The second kappa shape index (κ2) is 2.35. The molecule has 0 radical (unpaired) electrons. The van der Waals surface area contributed by atoms with Gasteiger partial charge in [0.2, 0.25) is 0 Å². The van der Waals surface area contributed by atoms with Crippen molar-refractivity contribution in [2.24, 2.45) is 5.41 Å². The molecule has 2 nitrogen and oxygen atoms in total. The summed E-state index contributed by atoms with van der Waals surface area (Å²) in [4.78, 5) is 11.6. The maximum Gasteiger partial charge on any atom is 0.162 e. The van der Waals surface area contributed by atoms with Crippen LogP contribution in [-0.2, 0) is 9.53 Å². The van der Waals surface area contributed by atoms with Crippen LogP contribution in [0.4, 0.5) is 0 Å². The molecule has 0 aromatic carbocycles. The molecule has 2 rings (SSSR count). The number of ether oxygens (including phenoxy) is 1. The van der Waals surface area contributed by atoms with E-state index in [0.29, 0.717) is 18.8 Å². The van der Waals surface area contributed by atoms with Gasteiger partial charge in [-0.3, -0.25) is 4.79 Å². The minimum atomic E-state index is -0.0349. The maximum atomic E-state index is 11.6. The zero-order chi connectivity index (χ0) is 8.77. The highest BCUT2D eigenvalue weighted by Crippen LogP contribution is 2.41. The Hall–Kier alpha value is -0.790. The Morgan fingerprint density at radius 3 is 2.75 bits per heavy atom. The van der Waals surface area contributed by atoms with Gasteiger partial charge in [-0.1, -0.05) is 13.8 Å². The van der Waals surface area contributed by atoms with Crippen molar-refractivity contribution in [3.8, 4) is 0 Å². The SMILES string of the molecule is CC1(C)COC2=C1C(=O)CCC2. The summed E-state index contributed by atoms with van der Waals surface area (Å²) in [5, 5.41) is 0. The molecule has 0 bridgehead atoms. The van der Waals surface area contributed by atoms with Crippen molar-refractivity contribution in [1.29, 1.82) is 0 Å². The molecule has 0 spiro atoms. The van der Waals surface area contributed by atoms with E-state index in [1.807, 2.05) is 0 Å². The summed E-state index contributed by atoms with van der Waals surface area (Å²) in [5.41, 5.74) is 0.932. The number of Topliss-reactive ketones (excluding diaryl/α,β-unsaturated/α-hetero) is 1. The van der Waals surface area contributed by atoms with E-state index in [9.17, 15) is 4.79 Å². The molecule has 0 saturated carbocycles. The smallest absolute Gasteiger partial charge is 0.162 e. The number of ketones is 1. The predicted octanol–water partition coefficient (Wildman–Crippen LogP) is 2.05. The molecule has 0 fully saturated rings. The fraction of sp³-hybridized carbons (Fsp3) is 0.700. The van der Waals surface area contributed by atoms with Gasteiger partial charge in [0.25, 0.3) is 0 Å². The van der Waals surface area contributed by atoms with Gasteiger partial charge in [0.15, 0.2) is 5.78 Å². The zero-order valence-corrected chi connectivity index (χ0v) is 7.64. The third-order valence-corrected chi connectivity index (χ3v) is 2.65. The van der Waals surface area contributed by atoms with Crippen LogP contribution in [0.5, 0.6) is 0 Å². The molecule has 1 heterocycles. The van der Waals surface area contributed by atoms with Gasteiger partial charge in [-0.15, -0.1) is 0 Å². The van der Waals surface area contributed by atoms with E-state index in [2.05, 4.69) is 13.8 Å². The topological polar surface area (TPSA) is 26.3 Å². The van der Waals surface area contributed by atoms with Gasteiger partial charge in [0.05, 0.1) is 6.61 Å². The van der Waals surface area contributed by atoms with Crippen molar-refractivity contribution >= 4 is 5.78 Å². The summed E-state index contributed by atoms with van der Waals surface area (Å²) in [7, 11) is 0. The van der Waals surface area contributed by atoms with Crippen LogP contribution in [0.2, 0.25) is 0 Å². The first-order valence-electron chi connectivity index (χ1n) is 4.51. The van der Waals surface area contributed by atoms with Gasteiger partial charge in [-0.05, 0) is 6.42 Å². The van der Waals surface area contributed by atoms with Crippen molar-refractivity contribution in [3.05, 3.63) is 11.3 Å². The quantitative estimate of drug-likeness (QED) is 0.550. The van der Waals surface area contributed by atoms with Crippen molar-refractivity contribution in [3.63, 3.8) is 0 Å². The van der Waals surface area contributed by atoms with Gasteiger partial charge in [0.1, 0.15) is 5.76 Å². The van der Waals surface area contributed by atoms with Crippen molar-refractivity contribution in [1.82, 2.24) is 0 Å². The lowest BCUT2D eigenvalue weighted by molar-refractivity contribution is -0.116. The summed E-state index contributed by atoms with van der Waals surface area (Å²) in [5.74, 6) is 1.27. The van der Waals surface area contributed by atoms with E-state index >= 15 is 0 Å². The van der Waals surface area contributed by atoms with Crippen LogP contribution in [0.15, 0.2) is 11.3 Å². The molecule has 66 valence electrons. The van der Waals surface area contributed by atoms with Gasteiger partial charge < -0.3 is 4.74 Å². The Bertz CT molecular complexity index is 261. The molecule has 0 unspecified atom stereocenters.